The van der Waals surface area contributed by atoms with E-state index in [9.17, 15) is 14.4 Å². The minimum absolute atomic E-state index is 0.0336. The van der Waals surface area contributed by atoms with Crippen molar-refractivity contribution in [2.24, 2.45) is 0 Å². The molecule has 1 aliphatic heterocycles. The Labute approximate surface area is 133 Å². The monoisotopic (exact) mass is 318 g/mol. The average Bonchev–Trinajstić information content (AvgIpc) is 3.36. The van der Waals surface area contributed by atoms with Gasteiger partial charge in [0, 0.05) is 19.0 Å². The molecule has 7 nitrogen and oxygen atoms in total. The van der Waals surface area contributed by atoms with E-state index in [1.165, 1.54) is 9.80 Å². The zero-order valence-electron chi connectivity index (χ0n) is 12.6. The summed E-state index contributed by atoms with van der Waals surface area (Å²) in [5.74, 6) is -0.832. The van der Waals surface area contributed by atoms with Crippen LogP contribution in [0.25, 0.3) is 0 Å². The molecule has 1 aromatic rings. The van der Waals surface area contributed by atoms with Gasteiger partial charge in [-0.3, -0.25) is 14.4 Å². The molecule has 1 fully saturated rings. The molecule has 0 saturated heterocycles. The van der Waals surface area contributed by atoms with Gasteiger partial charge in [0.25, 0.3) is 5.91 Å². The number of rotatable bonds is 6. The second-order valence-electron chi connectivity index (χ2n) is 5.70. The molecule has 0 spiro atoms. The summed E-state index contributed by atoms with van der Waals surface area (Å²) >= 11 is 0. The summed E-state index contributed by atoms with van der Waals surface area (Å²) < 4.78 is 5.36. The third kappa shape index (κ3) is 3.44. The lowest BCUT2D eigenvalue weighted by Crippen LogP contribution is -2.43. The number of benzene rings is 1. The van der Waals surface area contributed by atoms with Crippen molar-refractivity contribution in [2.45, 2.75) is 25.3 Å². The maximum atomic E-state index is 12.3. The number of hydrogen-bond acceptors (Lipinski definition) is 4. The number of para-hydroxylation sites is 2. The number of fused-ring (bicyclic) bond motifs is 1. The van der Waals surface area contributed by atoms with Crippen molar-refractivity contribution in [1.82, 2.24) is 4.90 Å². The van der Waals surface area contributed by atoms with Gasteiger partial charge in [-0.15, -0.1) is 0 Å². The van der Waals surface area contributed by atoms with Gasteiger partial charge in [0.05, 0.1) is 5.69 Å². The first-order valence-corrected chi connectivity index (χ1v) is 7.59. The van der Waals surface area contributed by atoms with Crippen LogP contribution in [-0.4, -0.2) is 53.5 Å². The molecule has 0 radical (unpaired) electrons. The Bertz CT molecular complexity index is 641. The Hall–Kier alpha value is -2.57. The lowest BCUT2D eigenvalue weighted by atomic mass is 10.2. The molecule has 1 aliphatic carbocycles. The Kier molecular flexibility index (Phi) is 4.18. The molecule has 1 aromatic carbocycles. The van der Waals surface area contributed by atoms with E-state index in [4.69, 9.17) is 9.84 Å². The predicted octanol–water partition coefficient (Wildman–Crippen LogP) is 0.878. The number of carbonyl (C=O) groups excluding carboxylic acids is 2. The molecule has 1 saturated carbocycles. The van der Waals surface area contributed by atoms with Gasteiger partial charge in [0.1, 0.15) is 12.3 Å². The lowest BCUT2D eigenvalue weighted by Gasteiger charge is -2.30. The summed E-state index contributed by atoms with van der Waals surface area (Å²) in [7, 11) is 0. The number of ether oxygens (including phenoxy) is 1. The van der Waals surface area contributed by atoms with E-state index < -0.39 is 5.97 Å². The van der Waals surface area contributed by atoms with Crippen LogP contribution in [0.2, 0.25) is 0 Å². The maximum Gasteiger partial charge on any atom is 0.323 e. The Balaban J connectivity index is 1.66. The van der Waals surface area contributed by atoms with Gasteiger partial charge < -0.3 is 19.6 Å². The summed E-state index contributed by atoms with van der Waals surface area (Å²) in [5, 5.41) is 8.92. The summed E-state index contributed by atoms with van der Waals surface area (Å²) in [6.45, 7) is -0.106. The highest BCUT2D eigenvalue weighted by Crippen LogP contribution is 2.32. The van der Waals surface area contributed by atoms with Gasteiger partial charge in [0.2, 0.25) is 5.91 Å². The second-order valence-corrected chi connectivity index (χ2v) is 5.70. The fourth-order valence-electron chi connectivity index (χ4n) is 2.70. The molecule has 0 atom stereocenters. The third-order valence-corrected chi connectivity index (χ3v) is 3.97. The van der Waals surface area contributed by atoms with E-state index in [1.807, 2.05) is 6.07 Å². The number of carboxylic acids is 1. The first-order chi connectivity index (χ1) is 11.1. The zero-order chi connectivity index (χ0) is 16.4. The minimum atomic E-state index is -1.02. The smallest absolute Gasteiger partial charge is 0.323 e. The van der Waals surface area contributed by atoms with Crippen molar-refractivity contribution in [3.63, 3.8) is 0 Å². The molecule has 0 bridgehead atoms. The number of nitrogens with zero attached hydrogens (tertiary/aromatic N) is 2. The maximum absolute atomic E-state index is 12.3. The van der Waals surface area contributed by atoms with Gasteiger partial charge in [-0.25, -0.2) is 0 Å². The molecule has 1 N–H and O–H groups in total. The van der Waals surface area contributed by atoms with Crippen molar-refractivity contribution in [1.29, 1.82) is 0 Å². The zero-order valence-corrected chi connectivity index (χ0v) is 12.6. The molecular weight excluding hydrogens is 300 g/mol. The van der Waals surface area contributed by atoms with E-state index in [-0.39, 0.29) is 44.0 Å². The fourth-order valence-corrected chi connectivity index (χ4v) is 2.70. The average molecular weight is 318 g/mol. The van der Waals surface area contributed by atoms with E-state index in [1.54, 1.807) is 18.2 Å². The molecule has 2 aliphatic rings. The van der Waals surface area contributed by atoms with Gasteiger partial charge in [-0.2, -0.15) is 0 Å². The first-order valence-electron chi connectivity index (χ1n) is 7.59. The van der Waals surface area contributed by atoms with Crippen molar-refractivity contribution in [2.75, 3.05) is 24.6 Å². The SMILES string of the molecule is O=C(O)CN(C(=O)CCN1C(=O)COc2ccccc21)C1CC1. The molecule has 0 aromatic heterocycles. The molecule has 2 amide bonds. The van der Waals surface area contributed by atoms with Gasteiger partial charge >= 0.3 is 5.97 Å². The van der Waals surface area contributed by atoms with Gasteiger partial charge in [0.15, 0.2) is 6.61 Å². The fraction of sp³-hybridized carbons (Fsp3) is 0.438. The standard InChI is InChI=1S/C16H18N2O5/c19-14(18(9-16(21)22)11-5-6-11)7-8-17-12-3-1-2-4-13(12)23-10-15(17)20/h1-4,11H,5-10H2,(H,21,22). The van der Waals surface area contributed by atoms with Crippen LogP contribution >= 0.6 is 0 Å². The van der Waals surface area contributed by atoms with Crippen LogP contribution in [-0.2, 0) is 14.4 Å². The topological polar surface area (TPSA) is 87.2 Å². The van der Waals surface area contributed by atoms with Crippen LogP contribution in [0.15, 0.2) is 24.3 Å². The Morgan fingerprint density at radius 2 is 2.04 bits per heavy atom. The van der Waals surface area contributed by atoms with E-state index in [0.29, 0.717) is 11.4 Å². The lowest BCUT2D eigenvalue weighted by molar-refractivity contribution is -0.144. The minimum Gasteiger partial charge on any atom is -0.482 e. The molecule has 3 rings (SSSR count). The van der Waals surface area contributed by atoms with E-state index >= 15 is 0 Å². The highest BCUT2D eigenvalue weighted by Gasteiger charge is 2.34. The first kappa shape index (κ1) is 15.3. The van der Waals surface area contributed by atoms with Gasteiger partial charge in [-0.05, 0) is 25.0 Å². The number of amides is 2. The van der Waals surface area contributed by atoms with Crippen LogP contribution in [0.4, 0.5) is 5.69 Å². The van der Waals surface area contributed by atoms with Crippen molar-refractivity contribution in [3.05, 3.63) is 24.3 Å². The van der Waals surface area contributed by atoms with Crippen molar-refractivity contribution >= 4 is 23.5 Å². The normalized spacial score (nSPS) is 16.5. The number of anilines is 1. The summed E-state index contributed by atoms with van der Waals surface area (Å²) in [4.78, 5) is 38.2. The molecule has 23 heavy (non-hydrogen) atoms. The number of carboxylic acid groups (broad SMARTS) is 1. The number of hydrogen-bond donors (Lipinski definition) is 1. The van der Waals surface area contributed by atoms with E-state index in [0.717, 1.165) is 12.8 Å². The predicted molar refractivity (Wildman–Crippen MR) is 81.3 cm³/mol. The highest BCUT2D eigenvalue weighted by molar-refractivity contribution is 5.98. The number of carbonyl (C=O) groups is 3. The van der Waals surface area contributed by atoms with Crippen molar-refractivity contribution < 1.29 is 24.2 Å². The molecule has 122 valence electrons. The molecule has 0 unspecified atom stereocenters. The number of aliphatic carboxylic acids is 1. The summed E-state index contributed by atoms with van der Waals surface area (Å²) in [6, 6.07) is 7.20. The van der Waals surface area contributed by atoms with Crippen LogP contribution < -0.4 is 9.64 Å². The molecular formula is C16H18N2O5. The van der Waals surface area contributed by atoms with Crippen LogP contribution in [0.5, 0.6) is 5.75 Å². The Morgan fingerprint density at radius 1 is 1.30 bits per heavy atom. The van der Waals surface area contributed by atoms with Gasteiger partial charge in [-0.1, -0.05) is 12.1 Å². The molecule has 7 heteroatoms. The van der Waals surface area contributed by atoms with Crippen molar-refractivity contribution in [3.8, 4) is 5.75 Å². The Morgan fingerprint density at radius 3 is 2.74 bits per heavy atom. The highest BCUT2D eigenvalue weighted by atomic mass is 16.5. The van der Waals surface area contributed by atoms with E-state index in [2.05, 4.69) is 0 Å². The second kappa shape index (κ2) is 6.28. The largest absolute Gasteiger partial charge is 0.482 e. The molecule has 1 heterocycles. The van der Waals surface area contributed by atoms with Crippen LogP contribution in [0, 0.1) is 0 Å². The summed E-state index contributed by atoms with van der Waals surface area (Å²) in [6.07, 6.45) is 1.79. The quantitative estimate of drug-likeness (QED) is 0.841. The van der Waals surface area contributed by atoms with Crippen LogP contribution in [0.1, 0.15) is 19.3 Å². The summed E-state index contributed by atoms with van der Waals surface area (Å²) in [5.41, 5.74) is 0.646. The van der Waals surface area contributed by atoms with Crippen LogP contribution in [0.3, 0.4) is 0 Å². The third-order valence-electron chi connectivity index (χ3n) is 3.97.